The fourth-order valence-corrected chi connectivity index (χ4v) is 3.52. The average molecular weight is 259 g/mol. The molecule has 3 rings (SSSR count). The number of aliphatic imine (C=N–C) groups is 1. The zero-order chi connectivity index (χ0) is 13.5. The Morgan fingerprint density at radius 2 is 2.32 bits per heavy atom. The van der Waals surface area contributed by atoms with Crippen molar-refractivity contribution in [1.82, 2.24) is 0 Å². The molecule has 0 radical (unpaired) electrons. The summed E-state index contributed by atoms with van der Waals surface area (Å²) in [6.07, 6.45) is 3.67. The molecule has 0 aromatic heterocycles. The van der Waals surface area contributed by atoms with Gasteiger partial charge in [-0.15, -0.1) is 0 Å². The molecule has 1 heterocycles. The molecule has 2 aliphatic rings. The van der Waals surface area contributed by atoms with Crippen molar-refractivity contribution in [2.75, 3.05) is 18.6 Å². The Bertz CT molecular complexity index is 514. The minimum Gasteiger partial charge on any atom is -0.497 e. The highest BCUT2D eigenvalue weighted by Crippen LogP contribution is 2.45. The van der Waals surface area contributed by atoms with Crippen LogP contribution in [0.4, 0.5) is 5.69 Å². The van der Waals surface area contributed by atoms with Gasteiger partial charge in [0.05, 0.1) is 19.2 Å². The number of nitrogens with zero attached hydrogens (tertiary/aromatic N) is 2. The molecule has 2 unspecified atom stereocenters. The van der Waals surface area contributed by atoms with Gasteiger partial charge in [-0.2, -0.15) is 0 Å². The fraction of sp³-hybridized carbons (Fsp3) is 0.533. The third-order valence-electron chi connectivity index (χ3n) is 4.66. The van der Waals surface area contributed by atoms with E-state index in [4.69, 9.17) is 10.5 Å². The van der Waals surface area contributed by atoms with Gasteiger partial charge in [-0.3, -0.25) is 4.99 Å². The summed E-state index contributed by atoms with van der Waals surface area (Å²) in [5.74, 6) is 2.11. The van der Waals surface area contributed by atoms with Crippen molar-refractivity contribution in [3.05, 3.63) is 24.3 Å². The Kier molecular flexibility index (Phi) is 2.88. The lowest BCUT2D eigenvalue weighted by Crippen LogP contribution is -2.53. The number of benzene rings is 1. The van der Waals surface area contributed by atoms with Gasteiger partial charge in [-0.25, -0.2) is 0 Å². The molecule has 1 aromatic rings. The van der Waals surface area contributed by atoms with E-state index < -0.39 is 0 Å². The number of nitrogens with two attached hydrogens (primary N) is 1. The molecule has 1 aromatic carbocycles. The second-order valence-electron chi connectivity index (χ2n) is 5.61. The second-order valence-corrected chi connectivity index (χ2v) is 5.61. The van der Waals surface area contributed by atoms with Crippen LogP contribution in [-0.4, -0.2) is 25.2 Å². The summed E-state index contributed by atoms with van der Waals surface area (Å²) in [5, 5.41) is 0. The zero-order valence-electron chi connectivity index (χ0n) is 11.6. The molecule has 19 heavy (non-hydrogen) atoms. The van der Waals surface area contributed by atoms with E-state index in [0.717, 1.165) is 24.4 Å². The van der Waals surface area contributed by atoms with Crippen LogP contribution in [0.2, 0.25) is 0 Å². The molecule has 2 N–H and O–H groups in total. The van der Waals surface area contributed by atoms with Crippen molar-refractivity contribution in [3.63, 3.8) is 0 Å². The first kappa shape index (κ1) is 12.3. The van der Waals surface area contributed by atoms with Gasteiger partial charge in [0.15, 0.2) is 5.96 Å². The summed E-state index contributed by atoms with van der Waals surface area (Å²) < 4.78 is 5.32. The fourth-order valence-electron chi connectivity index (χ4n) is 3.52. The van der Waals surface area contributed by atoms with Gasteiger partial charge in [0.25, 0.3) is 0 Å². The molecule has 0 amide bonds. The molecular formula is C15H21N3O. The van der Waals surface area contributed by atoms with Gasteiger partial charge in [-0.1, -0.05) is 19.4 Å². The number of rotatable bonds is 2. The van der Waals surface area contributed by atoms with E-state index in [-0.39, 0.29) is 5.54 Å². The maximum absolute atomic E-state index is 6.15. The van der Waals surface area contributed by atoms with E-state index in [0.29, 0.717) is 11.9 Å². The summed E-state index contributed by atoms with van der Waals surface area (Å²) in [7, 11) is 1.69. The number of anilines is 1. The number of ether oxygens (including phenoxy) is 1. The molecular weight excluding hydrogens is 238 g/mol. The minimum atomic E-state index is 0.0798. The normalized spacial score (nSPS) is 29.9. The number of hydrogen-bond acceptors (Lipinski definition) is 4. The topological polar surface area (TPSA) is 50.9 Å². The Morgan fingerprint density at radius 1 is 1.47 bits per heavy atom. The van der Waals surface area contributed by atoms with Crippen molar-refractivity contribution in [3.8, 4) is 5.75 Å². The van der Waals surface area contributed by atoms with Crippen molar-refractivity contribution in [2.45, 2.75) is 31.7 Å². The van der Waals surface area contributed by atoms with E-state index >= 15 is 0 Å². The van der Waals surface area contributed by atoms with Crippen LogP contribution in [0.1, 0.15) is 26.2 Å². The summed E-state index contributed by atoms with van der Waals surface area (Å²) in [6, 6.07) is 8.09. The summed E-state index contributed by atoms with van der Waals surface area (Å²) >= 11 is 0. The first-order chi connectivity index (χ1) is 9.17. The van der Waals surface area contributed by atoms with E-state index in [1.54, 1.807) is 7.11 Å². The van der Waals surface area contributed by atoms with Crippen LogP contribution in [0.25, 0.3) is 0 Å². The van der Waals surface area contributed by atoms with Crippen molar-refractivity contribution in [2.24, 2.45) is 16.6 Å². The highest BCUT2D eigenvalue weighted by atomic mass is 16.5. The van der Waals surface area contributed by atoms with Gasteiger partial charge in [0, 0.05) is 11.8 Å². The molecule has 0 bridgehead atoms. The molecule has 1 aliphatic carbocycles. The lowest BCUT2D eigenvalue weighted by molar-refractivity contribution is 0.364. The molecule has 1 aliphatic heterocycles. The van der Waals surface area contributed by atoms with Gasteiger partial charge in [-0.05, 0) is 30.9 Å². The summed E-state index contributed by atoms with van der Waals surface area (Å²) in [4.78, 5) is 6.74. The van der Waals surface area contributed by atoms with Crippen LogP contribution in [0.5, 0.6) is 5.75 Å². The highest BCUT2D eigenvalue weighted by Gasteiger charge is 2.49. The maximum Gasteiger partial charge on any atom is 0.196 e. The molecule has 1 saturated carbocycles. The Morgan fingerprint density at radius 3 is 3.00 bits per heavy atom. The average Bonchev–Trinajstić information content (AvgIpc) is 2.95. The Hall–Kier alpha value is -1.71. The molecule has 102 valence electrons. The monoisotopic (exact) mass is 259 g/mol. The third kappa shape index (κ3) is 1.78. The van der Waals surface area contributed by atoms with Crippen LogP contribution in [0, 0.1) is 5.92 Å². The molecule has 2 atom stereocenters. The largest absolute Gasteiger partial charge is 0.497 e. The van der Waals surface area contributed by atoms with E-state index in [1.165, 1.54) is 12.8 Å². The zero-order valence-corrected chi connectivity index (χ0v) is 11.6. The smallest absolute Gasteiger partial charge is 0.196 e. The predicted molar refractivity (Wildman–Crippen MR) is 77.7 cm³/mol. The first-order valence-corrected chi connectivity index (χ1v) is 6.91. The summed E-state index contributed by atoms with van der Waals surface area (Å²) in [6.45, 7) is 3.13. The maximum atomic E-state index is 6.15. The van der Waals surface area contributed by atoms with Crippen LogP contribution in [0.3, 0.4) is 0 Å². The standard InChI is InChI=1S/C15H21N3O/c1-11-5-4-8-15(11)10-17-14(16)18(15)12-6-3-7-13(9-12)19-2/h3,6-7,9,11H,4-5,8,10H2,1-2H3,(H2,16,17). The lowest BCUT2D eigenvalue weighted by Gasteiger charge is -2.39. The van der Waals surface area contributed by atoms with E-state index in [9.17, 15) is 0 Å². The van der Waals surface area contributed by atoms with Crippen molar-refractivity contribution >= 4 is 11.6 Å². The van der Waals surface area contributed by atoms with Gasteiger partial charge in [0.1, 0.15) is 5.75 Å². The quantitative estimate of drug-likeness (QED) is 0.887. The number of hydrogen-bond donors (Lipinski definition) is 1. The van der Waals surface area contributed by atoms with Gasteiger partial charge >= 0.3 is 0 Å². The number of guanidine groups is 1. The van der Waals surface area contributed by atoms with Gasteiger partial charge in [0.2, 0.25) is 0 Å². The SMILES string of the molecule is COc1cccc(N2C(N)=NCC23CCCC3C)c1. The second kappa shape index (κ2) is 4.44. The lowest BCUT2D eigenvalue weighted by atomic mass is 9.87. The Balaban J connectivity index is 2.02. The van der Waals surface area contributed by atoms with Crippen LogP contribution >= 0.6 is 0 Å². The van der Waals surface area contributed by atoms with Crippen LogP contribution in [0.15, 0.2) is 29.3 Å². The first-order valence-electron chi connectivity index (χ1n) is 6.91. The van der Waals surface area contributed by atoms with E-state index in [2.05, 4.69) is 22.9 Å². The molecule has 4 nitrogen and oxygen atoms in total. The predicted octanol–water partition coefficient (Wildman–Crippen LogP) is 2.39. The highest BCUT2D eigenvalue weighted by molar-refractivity contribution is 5.98. The van der Waals surface area contributed by atoms with E-state index in [1.807, 2.05) is 18.2 Å². The van der Waals surface area contributed by atoms with Crippen molar-refractivity contribution in [1.29, 1.82) is 0 Å². The number of methoxy groups -OCH3 is 1. The molecule has 1 spiro atoms. The van der Waals surface area contributed by atoms with Gasteiger partial charge < -0.3 is 15.4 Å². The van der Waals surface area contributed by atoms with Crippen molar-refractivity contribution < 1.29 is 4.74 Å². The molecule has 4 heteroatoms. The molecule has 1 fully saturated rings. The van der Waals surface area contributed by atoms with Crippen LogP contribution < -0.4 is 15.4 Å². The minimum absolute atomic E-state index is 0.0798. The summed E-state index contributed by atoms with van der Waals surface area (Å²) in [5.41, 5.74) is 7.32. The Labute approximate surface area is 114 Å². The molecule has 0 saturated heterocycles. The third-order valence-corrected chi connectivity index (χ3v) is 4.66. The van der Waals surface area contributed by atoms with Crippen LogP contribution in [-0.2, 0) is 0 Å².